The van der Waals surface area contributed by atoms with E-state index in [0.29, 0.717) is 13.1 Å². The molecule has 1 heterocycles. The predicted molar refractivity (Wildman–Crippen MR) is 74.3 cm³/mol. The molecule has 3 amide bonds. The molecular weight excluding hydrogens is 262 g/mol. The van der Waals surface area contributed by atoms with E-state index in [1.807, 2.05) is 32.6 Å². The summed E-state index contributed by atoms with van der Waals surface area (Å²) < 4.78 is 5.67. The van der Waals surface area contributed by atoms with Crippen molar-refractivity contribution < 1.29 is 19.4 Å². The van der Waals surface area contributed by atoms with Crippen LogP contribution in [-0.2, 0) is 9.53 Å². The van der Waals surface area contributed by atoms with Gasteiger partial charge in [0.15, 0.2) is 0 Å². The maximum absolute atomic E-state index is 11.8. The Balaban J connectivity index is 2.46. The first kappa shape index (κ1) is 16.9. The van der Waals surface area contributed by atoms with E-state index in [9.17, 15) is 14.7 Å². The number of ether oxygens (including phenoxy) is 1. The number of nitrogens with zero attached hydrogens (tertiary/aromatic N) is 1. The van der Waals surface area contributed by atoms with Crippen LogP contribution in [0.3, 0.4) is 0 Å². The number of carbonyl (C=O) groups excluding carboxylic acids is 2. The van der Waals surface area contributed by atoms with Crippen molar-refractivity contribution in [2.24, 2.45) is 0 Å². The molecule has 1 rings (SSSR count). The molecule has 0 aromatic heterocycles. The second-order valence-electron chi connectivity index (χ2n) is 6.03. The SMILES string of the molecule is CC(C)NC(=O)NC(=O)CN1CC(CO)OC(C)(C)C1. The zero-order valence-electron chi connectivity index (χ0n) is 12.6. The number of hydrogen-bond acceptors (Lipinski definition) is 5. The van der Waals surface area contributed by atoms with Crippen LogP contribution >= 0.6 is 0 Å². The molecule has 0 bridgehead atoms. The fourth-order valence-corrected chi connectivity index (χ4v) is 2.30. The average Bonchev–Trinajstić information content (AvgIpc) is 2.24. The highest BCUT2D eigenvalue weighted by molar-refractivity contribution is 5.95. The van der Waals surface area contributed by atoms with Crippen LogP contribution in [0.5, 0.6) is 0 Å². The van der Waals surface area contributed by atoms with Crippen LogP contribution in [0.1, 0.15) is 27.7 Å². The first-order valence-electron chi connectivity index (χ1n) is 6.83. The number of imide groups is 1. The summed E-state index contributed by atoms with van der Waals surface area (Å²) in [7, 11) is 0. The lowest BCUT2D eigenvalue weighted by atomic mass is 10.1. The minimum Gasteiger partial charge on any atom is -0.394 e. The molecule has 20 heavy (non-hydrogen) atoms. The third-order valence-corrected chi connectivity index (χ3v) is 2.80. The first-order valence-corrected chi connectivity index (χ1v) is 6.83. The lowest BCUT2D eigenvalue weighted by molar-refractivity contribution is -0.152. The van der Waals surface area contributed by atoms with Crippen molar-refractivity contribution in [2.45, 2.75) is 45.4 Å². The van der Waals surface area contributed by atoms with E-state index in [-0.39, 0.29) is 31.2 Å². The van der Waals surface area contributed by atoms with E-state index in [1.54, 1.807) is 0 Å². The van der Waals surface area contributed by atoms with Gasteiger partial charge in [-0.05, 0) is 27.7 Å². The highest BCUT2D eigenvalue weighted by atomic mass is 16.5. The zero-order chi connectivity index (χ0) is 15.3. The molecule has 1 unspecified atom stereocenters. The van der Waals surface area contributed by atoms with Gasteiger partial charge < -0.3 is 15.2 Å². The third kappa shape index (κ3) is 5.85. The molecule has 0 aromatic rings. The van der Waals surface area contributed by atoms with Crippen molar-refractivity contribution in [2.75, 3.05) is 26.2 Å². The van der Waals surface area contributed by atoms with Gasteiger partial charge in [0, 0.05) is 19.1 Å². The van der Waals surface area contributed by atoms with Crippen LogP contribution in [-0.4, -0.2) is 65.9 Å². The Morgan fingerprint density at radius 2 is 2.10 bits per heavy atom. The van der Waals surface area contributed by atoms with Gasteiger partial charge in [-0.25, -0.2) is 4.79 Å². The molecule has 0 spiro atoms. The van der Waals surface area contributed by atoms with Crippen molar-refractivity contribution in [3.63, 3.8) is 0 Å². The number of urea groups is 1. The van der Waals surface area contributed by atoms with Gasteiger partial charge >= 0.3 is 6.03 Å². The smallest absolute Gasteiger partial charge is 0.321 e. The Bertz CT molecular complexity index is 358. The van der Waals surface area contributed by atoms with Crippen molar-refractivity contribution in [3.8, 4) is 0 Å². The van der Waals surface area contributed by atoms with Gasteiger partial charge in [0.1, 0.15) is 0 Å². The van der Waals surface area contributed by atoms with Crippen LogP contribution in [0.15, 0.2) is 0 Å². The zero-order valence-corrected chi connectivity index (χ0v) is 12.6. The summed E-state index contributed by atoms with van der Waals surface area (Å²) in [6.45, 7) is 8.52. The van der Waals surface area contributed by atoms with E-state index in [2.05, 4.69) is 10.6 Å². The van der Waals surface area contributed by atoms with Gasteiger partial charge in [-0.2, -0.15) is 0 Å². The number of aliphatic hydroxyl groups excluding tert-OH is 1. The molecule has 116 valence electrons. The number of amides is 3. The number of nitrogens with one attached hydrogen (secondary N) is 2. The second kappa shape index (κ2) is 7.01. The summed E-state index contributed by atoms with van der Waals surface area (Å²) in [6.07, 6.45) is -0.309. The maximum Gasteiger partial charge on any atom is 0.321 e. The Hall–Kier alpha value is -1.18. The Labute approximate surface area is 119 Å². The lowest BCUT2D eigenvalue weighted by Gasteiger charge is -2.41. The summed E-state index contributed by atoms with van der Waals surface area (Å²) in [5.41, 5.74) is -0.424. The topological polar surface area (TPSA) is 90.9 Å². The molecule has 1 saturated heterocycles. The van der Waals surface area contributed by atoms with Crippen LogP contribution in [0.25, 0.3) is 0 Å². The summed E-state index contributed by atoms with van der Waals surface area (Å²) >= 11 is 0. The van der Waals surface area contributed by atoms with Crippen molar-refractivity contribution in [3.05, 3.63) is 0 Å². The van der Waals surface area contributed by atoms with Gasteiger partial charge in [-0.3, -0.25) is 15.0 Å². The van der Waals surface area contributed by atoms with Crippen LogP contribution in [0, 0.1) is 0 Å². The summed E-state index contributed by atoms with van der Waals surface area (Å²) in [6, 6.07) is -0.514. The van der Waals surface area contributed by atoms with Gasteiger partial charge in [-0.15, -0.1) is 0 Å². The minimum absolute atomic E-state index is 0.0242. The lowest BCUT2D eigenvalue weighted by Crippen LogP contribution is -2.56. The average molecular weight is 287 g/mol. The van der Waals surface area contributed by atoms with Crippen LogP contribution in [0.2, 0.25) is 0 Å². The van der Waals surface area contributed by atoms with Gasteiger partial charge in [0.2, 0.25) is 5.91 Å². The number of carbonyl (C=O) groups is 2. The quantitative estimate of drug-likeness (QED) is 0.660. The molecule has 7 nitrogen and oxygen atoms in total. The van der Waals surface area contributed by atoms with Crippen molar-refractivity contribution in [1.82, 2.24) is 15.5 Å². The monoisotopic (exact) mass is 287 g/mol. The highest BCUT2D eigenvalue weighted by Crippen LogP contribution is 2.20. The Morgan fingerprint density at radius 1 is 1.45 bits per heavy atom. The molecule has 3 N–H and O–H groups in total. The molecule has 1 aliphatic heterocycles. The molecule has 1 fully saturated rings. The van der Waals surface area contributed by atoms with E-state index in [1.165, 1.54) is 0 Å². The highest BCUT2D eigenvalue weighted by Gasteiger charge is 2.33. The standard InChI is InChI=1S/C13H25N3O4/c1-9(2)14-12(19)15-11(18)6-16-5-10(7-17)20-13(3,4)8-16/h9-10,17H,5-8H2,1-4H3,(H2,14,15,18,19). The van der Waals surface area contributed by atoms with Gasteiger partial charge in [-0.1, -0.05) is 0 Å². The number of hydrogen-bond donors (Lipinski definition) is 3. The molecular formula is C13H25N3O4. The van der Waals surface area contributed by atoms with Crippen LogP contribution < -0.4 is 10.6 Å². The second-order valence-corrected chi connectivity index (χ2v) is 6.03. The Morgan fingerprint density at radius 3 is 2.65 bits per heavy atom. The normalized spacial score (nSPS) is 22.6. The summed E-state index contributed by atoms with van der Waals surface area (Å²) in [5, 5.41) is 14.1. The van der Waals surface area contributed by atoms with E-state index < -0.39 is 11.6 Å². The number of rotatable bonds is 4. The molecule has 0 aliphatic carbocycles. The van der Waals surface area contributed by atoms with Gasteiger partial charge in [0.25, 0.3) is 0 Å². The number of aliphatic hydroxyl groups is 1. The molecule has 7 heteroatoms. The molecule has 1 aliphatic rings. The largest absolute Gasteiger partial charge is 0.394 e. The molecule has 0 saturated carbocycles. The Kier molecular flexibility index (Phi) is 5.91. The van der Waals surface area contributed by atoms with E-state index in [4.69, 9.17) is 4.74 Å². The number of morpholine rings is 1. The van der Waals surface area contributed by atoms with Crippen molar-refractivity contribution >= 4 is 11.9 Å². The fourth-order valence-electron chi connectivity index (χ4n) is 2.30. The summed E-state index contributed by atoms with van der Waals surface area (Å²) in [4.78, 5) is 25.1. The van der Waals surface area contributed by atoms with E-state index in [0.717, 1.165) is 0 Å². The maximum atomic E-state index is 11.8. The molecule has 0 radical (unpaired) electrons. The van der Waals surface area contributed by atoms with Crippen molar-refractivity contribution in [1.29, 1.82) is 0 Å². The van der Waals surface area contributed by atoms with Gasteiger partial charge in [0.05, 0.1) is 24.9 Å². The minimum atomic E-state index is -0.490. The molecule has 1 atom stereocenters. The third-order valence-electron chi connectivity index (χ3n) is 2.80. The fraction of sp³-hybridized carbons (Fsp3) is 0.846. The summed E-state index contributed by atoms with van der Waals surface area (Å²) in [5.74, 6) is -0.363. The predicted octanol–water partition coefficient (Wildman–Crippen LogP) is -0.308. The van der Waals surface area contributed by atoms with E-state index >= 15 is 0 Å². The first-order chi connectivity index (χ1) is 9.21. The van der Waals surface area contributed by atoms with Crippen LogP contribution in [0.4, 0.5) is 4.79 Å². The molecule has 0 aromatic carbocycles.